The largest absolute Gasteiger partial charge is 0.406 e. The van der Waals surface area contributed by atoms with E-state index in [1.807, 2.05) is 19.4 Å². The second kappa shape index (κ2) is 5.09. The number of rotatable bonds is 5. The van der Waals surface area contributed by atoms with Gasteiger partial charge in [-0.05, 0) is 36.4 Å². The Kier molecular flexibility index (Phi) is 3.53. The summed E-state index contributed by atoms with van der Waals surface area (Å²) < 4.78 is 5.44. The van der Waals surface area contributed by atoms with Crippen molar-refractivity contribution < 1.29 is 4.42 Å². The van der Waals surface area contributed by atoms with Crippen LogP contribution in [0.5, 0.6) is 0 Å². The minimum atomic E-state index is 0.0733. The van der Waals surface area contributed by atoms with Crippen LogP contribution in [0, 0.1) is 0 Å². The van der Waals surface area contributed by atoms with Crippen molar-refractivity contribution in [3.63, 3.8) is 0 Å². The van der Waals surface area contributed by atoms with Crippen molar-refractivity contribution in [2.24, 2.45) is 0 Å². The van der Waals surface area contributed by atoms with Crippen molar-refractivity contribution in [2.45, 2.75) is 19.5 Å². The van der Waals surface area contributed by atoms with Gasteiger partial charge in [0.25, 0.3) is 0 Å². The average molecular weight is 238 g/mol. The van der Waals surface area contributed by atoms with Crippen LogP contribution in [-0.2, 0) is 6.54 Å². The Morgan fingerprint density at radius 2 is 2.38 bits per heavy atom. The van der Waals surface area contributed by atoms with Gasteiger partial charge in [0.1, 0.15) is 0 Å². The molecule has 16 heavy (non-hydrogen) atoms. The van der Waals surface area contributed by atoms with Gasteiger partial charge in [-0.25, -0.2) is 0 Å². The zero-order valence-electron chi connectivity index (χ0n) is 9.23. The molecule has 2 heterocycles. The fourth-order valence-corrected chi connectivity index (χ4v) is 1.84. The minimum Gasteiger partial charge on any atom is -0.406 e. The maximum Gasteiger partial charge on any atom is 0.315 e. The zero-order chi connectivity index (χ0) is 11.4. The summed E-state index contributed by atoms with van der Waals surface area (Å²) >= 11 is 1.67. The molecular formula is C10H14N4OS. The van der Waals surface area contributed by atoms with Crippen molar-refractivity contribution in [1.29, 1.82) is 0 Å². The summed E-state index contributed by atoms with van der Waals surface area (Å²) in [7, 11) is 1.85. The SMILES string of the molecule is CNC(C)c1nnc(NCc2ccsc2)o1. The highest BCUT2D eigenvalue weighted by atomic mass is 32.1. The third-order valence-corrected chi connectivity index (χ3v) is 3.00. The molecule has 2 rings (SSSR count). The molecule has 0 saturated carbocycles. The molecule has 0 aliphatic rings. The highest BCUT2D eigenvalue weighted by molar-refractivity contribution is 7.07. The molecule has 2 N–H and O–H groups in total. The summed E-state index contributed by atoms with van der Waals surface area (Å²) in [6, 6.07) is 2.60. The van der Waals surface area contributed by atoms with Gasteiger partial charge in [-0.3, -0.25) is 0 Å². The Balaban J connectivity index is 1.93. The smallest absolute Gasteiger partial charge is 0.315 e. The van der Waals surface area contributed by atoms with Crippen LogP contribution in [0.4, 0.5) is 6.01 Å². The topological polar surface area (TPSA) is 63.0 Å². The lowest BCUT2D eigenvalue weighted by molar-refractivity contribution is 0.441. The summed E-state index contributed by atoms with van der Waals surface area (Å²) in [6.07, 6.45) is 0. The molecule has 2 aromatic heterocycles. The molecule has 2 aromatic rings. The summed E-state index contributed by atoms with van der Waals surface area (Å²) in [4.78, 5) is 0. The molecule has 1 atom stereocenters. The maximum absolute atomic E-state index is 5.44. The van der Waals surface area contributed by atoms with Crippen LogP contribution in [0.2, 0.25) is 0 Å². The van der Waals surface area contributed by atoms with E-state index in [1.54, 1.807) is 11.3 Å². The first kappa shape index (κ1) is 11.1. The van der Waals surface area contributed by atoms with E-state index in [4.69, 9.17) is 4.42 Å². The molecule has 0 aliphatic carbocycles. The number of hydrogen-bond donors (Lipinski definition) is 2. The van der Waals surface area contributed by atoms with Gasteiger partial charge >= 0.3 is 6.01 Å². The minimum absolute atomic E-state index is 0.0733. The third kappa shape index (κ3) is 2.59. The van der Waals surface area contributed by atoms with Crippen LogP contribution in [0.3, 0.4) is 0 Å². The van der Waals surface area contributed by atoms with Crippen molar-refractivity contribution in [1.82, 2.24) is 15.5 Å². The van der Waals surface area contributed by atoms with Crippen molar-refractivity contribution >= 4 is 17.4 Å². The van der Waals surface area contributed by atoms with E-state index in [-0.39, 0.29) is 6.04 Å². The molecule has 0 aromatic carbocycles. The van der Waals surface area contributed by atoms with Gasteiger partial charge in [0.2, 0.25) is 5.89 Å². The molecule has 1 unspecified atom stereocenters. The van der Waals surface area contributed by atoms with Crippen LogP contribution >= 0.6 is 11.3 Å². The Labute approximate surface area is 97.9 Å². The van der Waals surface area contributed by atoms with Gasteiger partial charge in [0, 0.05) is 6.54 Å². The lowest BCUT2D eigenvalue weighted by Crippen LogP contribution is -2.12. The summed E-state index contributed by atoms with van der Waals surface area (Å²) in [5.41, 5.74) is 1.21. The molecule has 86 valence electrons. The number of nitrogens with zero attached hydrogens (tertiary/aromatic N) is 2. The summed E-state index contributed by atoms with van der Waals surface area (Å²) in [5, 5.41) is 18.1. The quantitative estimate of drug-likeness (QED) is 0.834. The molecule has 0 spiro atoms. The highest BCUT2D eigenvalue weighted by Crippen LogP contribution is 2.14. The van der Waals surface area contributed by atoms with Crippen molar-refractivity contribution in [3.8, 4) is 0 Å². The van der Waals surface area contributed by atoms with E-state index >= 15 is 0 Å². The maximum atomic E-state index is 5.44. The molecule has 0 amide bonds. The Bertz CT molecular complexity index is 426. The van der Waals surface area contributed by atoms with Gasteiger partial charge in [0.05, 0.1) is 6.04 Å². The van der Waals surface area contributed by atoms with E-state index in [9.17, 15) is 0 Å². The number of hydrogen-bond acceptors (Lipinski definition) is 6. The predicted molar refractivity (Wildman–Crippen MR) is 63.4 cm³/mol. The van der Waals surface area contributed by atoms with Crippen LogP contribution in [0.15, 0.2) is 21.2 Å². The Morgan fingerprint density at radius 3 is 3.06 bits per heavy atom. The molecule has 0 radical (unpaired) electrons. The summed E-state index contributed by atoms with van der Waals surface area (Å²) in [5.74, 6) is 0.593. The molecular weight excluding hydrogens is 224 g/mol. The van der Waals surface area contributed by atoms with Gasteiger partial charge < -0.3 is 15.1 Å². The Morgan fingerprint density at radius 1 is 1.50 bits per heavy atom. The first-order valence-corrected chi connectivity index (χ1v) is 5.99. The van der Waals surface area contributed by atoms with Crippen LogP contribution in [0.25, 0.3) is 0 Å². The second-order valence-electron chi connectivity index (χ2n) is 3.44. The third-order valence-electron chi connectivity index (χ3n) is 2.27. The lowest BCUT2D eigenvalue weighted by atomic mass is 10.3. The molecule has 0 fully saturated rings. The molecule has 0 aliphatic heterocycles. The number of thiophene rings is 1. The van der Waals surface area contributed by atoms with Gasteiger partial charge in [0.15, 0.2) is 0 Å². The average Bonchev–Trinajstić information content (AvgIpc) is 2.96. The van der Waals surface area contributed by atoms with E-state index in [2.05, 4.69) is 32.3 Å². The predicted octanol–water partition coefficient (Wildman–Crippen LogP) is 2.02. The van der Waals surface area contributed by atoms with E-state index < -0.39 is 0 Å². The molecule has 6 heteroatoms. The number of aromatic nitrogens is 2. The first-order valence-electron chi connectivity index (χ1n) is 5.05. The van der Waals surface area contributed by atoms with Crippen molar-refractivity contribution in [3.05, 3.63) is 28.3 Å². The van der Waals surface area contributed by atoms with Crippen LogP contribution in [-0.4, -0.2) is 17.2 Å². The lowest BCUT2D eigenvalue weighted by Gasteiger charge is -2.02. The standard InChI is InChI=1S/C10H14N4OS/c1-7(11-2)9-13-14-10(15-9)12-5-8-3-4-16-6-8/h3-4,6-7,11H,5H2,1-2H3,(H,12,14). The molecule has 0 bridgehead atoms. The number of anilines is 1. The van der Waals surface area contributed by atoms with E-state index in [1.165, 1.54) is 5.56 Å². The van der Waals surface area contributed by atoms with Crippen molar-refractivity contribution in [2.75, 3.05) is 12.4 Å². The Hall–Kier alpha value is -1.40. The van der Waals surface area contributed by atoms with E-state index in [0.29, 0.717) is 18.5 Å². The number of nitrogens with one attached hydrogen (secondary N) is 2. The van der Waals surface area contributed by atoms with Gasteiger partial charge in [-0.1, -0.05) is 5.10 Å². The molecule has 0 saturated heterocycles. The fraction of sp³-hybridized carbons (Fsp3) is 0.400. The summed E-state index contributed by atoms with van der Waals surface area (Å²) in [6.45, 7) is 2.68. The fourth-order valence-electron chi connectivity index (χ4n) is 1.18. The first-order chi connectivity index (χ1) is 7.79. The highest BCUT2D eigenvalue weighted by Gasteiger charge is 2.11. The van der Waals surface area contributed by atoms with Crippen LogP contribution in [0.1, 0.15) is 24.4 Å². The zero-order valence-corrected chi connectivity index (χ0v) is 10.0. The van der Waals surface area contributed by atoms with E-state index in [0.717, 1.165) is 0 Å². The monoisotopic (exact) mass is 238 g/mol. The second-order valence-corrected chi connectivity index (χ2v) is 4.22. The molecule has 5 nitrogen and oxygen atoms in total. The van der Waals surface area contributed by atoms with Crippen LogP contribution < -0.4 is 10.6 Å². The normalized spacial score (nSPS) is 12.6. The van der Waals surface area contributed by atoms with Gasteiger partial charge in [-0.15, -0.1) is 5.10 Å². The van der Waals surface area contributed by atoms with Gasteiger partial charge in [-0.2, -0.15) is 11.3 Å².